The van der Waals surface area contributed by atoms with E-state index in [1.165, 1.54) is 5.56 Å². The minimum atomic E-state index is -0.196. The average Bonchev–Trinajstić information content (AvgIpc) is 3.08. The number of aryl methyl sites for hydroxylation is 1. The van der Waals surface area contributed by atoms with Crippen molar-refractivity contribution in [2.24, 2.45) is 0 Å². The molecule has 1 unspecified atom stereocenters. The van der Waals surface area contributed by atoms with Crippen molar-refractivity contribution in [3.05, 3.63) is 70.8 Å². The van der Waals surface area contributed by atoms with Crippen LogP contribution in [0.1, 0.15) is 34.7 Å². The first-order valence-electron chi connectivity index (χ1n) is 8.45. The summed E-state index contributed by atoms with van der Waals surface area (Å²) in [4.78, 5) is 14.4. The number of fused-ring (bicyclic) bond motifs is 1. The Balaban J connectivity index is 1.70. The molecule has 128 valence electrons. The van der Waals surface area contributed by atoms with E-state index in [1.807, 2.05) is 18.2 Å². The fourth-order valence-corrected chi connectivity index (χ4v) is 3.40. The Morgan fingerprint density at radius 2 is 2.12 bits per heavy atom. The van der Waals surface area contributed by atoms with Crippen LogP contribution in [0.5, 0.6) is 0 Å². The molecular formula is C20H21N3O2. The number of amides is 2. The lowest BCUT2D eigenvalue weighted by Gasteiger charge is -2.29. The number of benzene rings is 2. The maximum Gasteiger partial charge on any atom is 0.318 e. The van der Waals surface area contributed by atoms with E-state index in [4.69, 9.17) is 5.26 Å². The molecule has 0 saturated heterocycles. The van der Waals surface area contributed by atoms with Gasteiger partial charge in [0, 0.05) is 13.1 Å². The lowest BCUT2D eigenvalue weighted by Crippen LogP contribution is -2.43. The second kappa shape index (κ2) is 7.82. The molecule has 0 aromatic heterocycles. The molecule has 0 radical (unpaired) electrons. The predicted octanol–water partition coefficient (Wildman–Crippen LogP) is 2.75. The molecule has 2 N–H and O–H groups in total. The lowest BCUT2D eigenvalue weighted by atomic mass is 10.1. The monoisotopic (exact) mass is 335 g/mol. The summed E-state index contributed by atoms with van der Waals surface area (Å²) in [5.41, 5.74) is 3.88. The molecule has 0 saturated carbocycles. The van der Waals surface area contributed by atoms with Gasteiger partial charge in [0.1, 0.15) is 0 Å². The standard InChI is InChI=1S/C20H21N3O2/c21-13-15-4-3-5-16(12-15)14-22-20(25)23(10-11-24)19-9-8-17-6-1-2-7-18(17)19/h1-7,12,19,24H,8-11,14H2,(H,22,25). The van der Waals surface area contributed by atoms with Crippen molar-refractivity contribution in [2.75, 3.05) is 13.2 Å². The molecule has 0 fully saturated rings. The van der Waals surface area contributed by atoms with Crippen molar-refractivity contribution < 1.29 is 9.90 Å². The summed E-state index contributed by atoms with van der Waals surface area (Å²) in [7, 11) is 0. The van der Waals surface area contributed by atoms with Gasteiger partial charge in [-0.1, -0.05) is 36.4 Å². The third-order valence-electron chi connectivity index (χ3n) is 4.58. The number of aliphatic hydroxyl groups is 1. The molecule has 1 atom stereocenters. The van der Waals surface area contributed by atoms with Gasteiger partial charge >= 0.3 is 6.03 Å². The molecule has 1 aliphatic carbocycles. The zero-order chi connectivity index (χ0) is 17.6. The van der Waals surface area contributed by atoms with Crippen LogP contribution in [0, 0.1) is 11.3 Å². The van der Waals surface area contributed by atoms with Gasteiger partial charge in [-0.15, -0.1) is 0 Å². The maximum atomic E-state index is 12.7. The largest absolute Gasteiger partial charge is 0.395 e. The second-order valence-electron chi connectivity index (χ2n) is 6.14. The van der Waals surface area contributed by atoms with Gasteiger partial charge in [-0.25, -0.2) is 4.79 Å². The minimum Gasteiger partial charge on any atom is -0.395 e. The van der Waals surface area contributed by atoms with Crippen molar-refractivity contribution in [1.29, 1.82) is 5.26 Å². The highest BCUT2D eigenvalue weighted by atomic mass is 16.3. The number of nitrogens with zero attached hydrogens (tertiary/aromatic N) is 2. The second-order valence-corrected chi connectivity index (χ2v) is 6.14. The predicted molar refractivity (Wildman–Crippen MR) is 94.7 cm³/mol. The molecule has 5 nitrogen and oxygen atoms in total. The Morgan fingerprint density at radius 1 is 1.28 bits per heavy atom. The number of hydrogen-bond acceptors (Lipinski definition) is 3. The van der Waals surface area contributed by atoms with Crippen LogP contribution >= 0.6 is 0 Å². The van der Waals surface area contributed by atoms with E-state index >= 15 is 0 Å². The SMILES string of the molecule is N#Cc1cccc(CNC(=O)N(CCO)C2CCc3ccccc32)c1. The molecule has 1 aliphatic rings. The third-order valence-corrected chi connectivity index (χ3v) is 4.58. The smallest absolute Gasteiger partial charge is 0.318 e. The van der Waals surface area contributed by atoms with E-state index in [-0.39, 0.29) is 18.7 Å². The van der Waals surface area contributed by atoms with Crippen molar-refractivity contribution in [1.82, 2.24) is 10.2 Å². The summed E-state index contributed by atoms with van der Waals surface area (Å²) in [5.74, 6) is 0. The molecule has 2 aromatic rings. The third kappa shape index (κ3) is 3.81. The van der Waals surface area contributed by atoms with E-state index in [0.29, 0.717) is 18.7 Å². The highest BCUT2D eigenvalue weighted by Crippen LogP contribution is 2.35. The fourth-order valence-electron chi connectivity index (χ4n) is 3.40. The van der Waals surface area contributed by atoms with E-state index in [9.17, 15) is 9.90 Å². The molecule has 25 heavy (non-hydrogen) atoms. The summed E-state index contributed by atoms with van der Waals surface area (Å²) in [6, 6.07) is 17.2. The maximum absolute atomic E-state index is 12.7. The van der Waals surface area contributed by atoms with Crippen LogP contribution in [0.25, 0.3) is 0 Å². The highest BCUT2D eigenvalue weighted by molar-refractivity contribution is 5.75. The quantitative estimate of drug-likeness (QED) is 0.882. The number of aliphatic hydroxyl groups excluding tert-OH is 1. The Kier molecular flexibility index (Phi) is 5.32. The van der Waals surface area contributed by atoms with E-state index in [2.05, 4.69) is 23.5 Å². The number of urea groups is 1. The molecular weight excluding hydrogens is 314 g/mol. The first-order chi connectivity index (χ1) is 12.2. The summed E-state index contributed by atoms with van der Waals surface area (Å²) >= 11 is 0. The Labute approximate surface area is 147 Å². The van der Waals surface area contributed by atoms with Gasteiger partial charge in [-0.3, -0.25) is 0 Å². The van der Waals surface area contributed by atoms with Crippen molar-refractivity contribution in [2.45, 2.75) is 25.4 Å². The Hall–Kier alpha value is -2.84. The average molecular weight is 335 g/mol. The number of carbonyl (C=O) groups is 1. The number of carbonyl (C=O) groups excluding carboxylic acids is 1. The number of nitriles is 1. The number of hydrogen-bond donors (Lipinski definition) is 2. The molecule has 5 heteroatoms. The van der Waals surface area contributed by atoms with Crippen LogP contribution < -0.4 is 5.32 Å². The normalized spacial score (nSPS) is 15.3. The van der Waals surface area contributed by atoms with Crippen LogP contribution in [0.3, 0.4) is 0 Å². The summed E-state index contributed by atoms with van der Waals surface area (Å²) in [6.07, 6.45) is 1.82. The van der Waals surface area contributed by atoms with Gasteiger partial charge in [0.2, 0.25) is 0 Å². The Bertz CT molecular complexity index is 798. The first kappa shape index (κ1) is 17.0. The molecule has 0 heterocycles. The molecule has 0 aliphatic heterocycles. The van der Waals surface area contributed by atoms with Crippen LogP contribution in [0.4, 0.5) is 4.79 Å². The fraction of sp³-hybridized carbons (Fsp3) is 0.300. The molecule has 0 spiro atoms. The van der Waals surface area contributed by atoms with E-state index in [1.54, 1.807) is 23.1 Å². The van der Waals surface area contributed by atoms with Crippen LogP contribution in [-0.2, 0) is 13.0 Å². The molecule has 2 amide bonds. The minimum absolute atomic E-state index is 0.00575. The summed E-state index contributed by atoms with van der Waals surface area (Å²) in [6.45, 7) is 0.573. The van der Waals surface area contributed by atoms with Crippen LogP contribution in [-0.4, -0.2) is 29.2 Å². The first-order valence-corrected chi connectivity index (χ1v) is 8.45. The zero-order valence-corrected chi connectivity index (χ0v) is 14.0. The van der Waals surface area contributed by atoms with Gasteiger partial charge < -0.3 is 15.3 Å². The zero-order valence-electron chi connectivity index (χ0n) is 14.0. The van der Waals surface area contributed by atoms with Crippen LogP contribution in [0.15, 0.2) is 48.5 Å². The van der Waals surface area contributed by atoms with Crippen molar-refractivity contribution in [3.8, 4) is 6.07 Å². The van der Waals surface area contributed by atoms with Gasteiger partial charge in [0.15, 0.2) is 0 Å². The van der Waals surface area contributed by atoms with E-state index < -0.39 is 0 Å². The highest BCUT2D eigenvalue weighted by Gasteiger charge is 2.30. The van der Waals surface area contributed by atoms with Crippen LogP contribution in [0.2, 0.25) is 0 Å². The molecule has 3 rings (SSSR count). The molecule has 0 bridgehead atoms. The summed E-state index contributed by atoms with van der Waals surface area (Å²) in [5, 5.41) is 21.3. The van der Waals surface area contributed by atoms with Crippen molar-refractivity contribution >= 4 is 6.03 Å². The summed E-state index contributed by atoms with van der Waals surface area (Å²) < 4.78 is 0. The Morgan fingerprint density at radius 3 is 2.92 bits per heavy atom. The topological polar surface area (TPSA) is 76.4 Å². The van der Waals surface area contributed by atoms with Gasteiger partial charge in [-0.2, -0.15) is 5.26 Å². The van der Waals surface area contributed by atoms with Gasteiger partial charge in [-0.05, 0) is 41.7 Å². The lowest BCUT2D eigenvalue weighted by molar-refractivity contribution is 0.151. The number of nitrogens with one attached hydrogen (secondary N) is 1. The van der Waals surface area contributed by atoms with Crippen molar-refractivity contribution in [3.63, 3.8) is 0 Å². The molecule has 2 aromatic carbocycles. The van der Waals surface area contributed by atoms with Gasteiger partial charge in [0.25, 0.3) is 0 Å². The number of rotatable bonds is 5. The van der Waals surface area contributed by atoms with E-state index in [0.717, 1.165) is 24.0 Å². The van der Waals surface area contributed by atoms with Gasteiger partial charge in [0.05, 0.1) is 24.3 Å².